The minimum Gasteiger partial charge on any atom is -0.384 e. The summed E-state index contributed by atoms with van der Waals surface area (Å²) >= 11 is 0. The molecule has 1 aromatic rings. The van der Waals surface area contributed by atoms with Gasteiger partial charge in [0.2, 0.25) is 0 Å². The van der Waals surface area contributed by atoms with Gasteiger partial charge in [0.1, 0.15) is 5.60 Å². The first-order valence-corrected chi connectivity index (χ1v) is 6.26. The van der Waals surface area contributed by atoms with Gasteiger partial charge in [-0.1, -0.05) is 37.3 Å². The van der Waals surface area contributed by atoms with Crippen LogP contribution in [0.2, 0.25) is 0 Å². The first-order chi connectivity index (χ1) is 7.66. The molecule has 2 rings (SSSR count). The normalized spacial score (nSPS) is 34.9. The molecule has 0 amide bonds. The summed E-state index contributed by atoms with van der Waals surface area (Å²) in [6.07, 6.45) is 1.92. The summed E-state index contributed by atoms with van der Waals surface area (Å²) in [6.45, 7) is 4.31. The van der Waals surface area contributed by atoms with Gasteiger partial charge < -0.3 is 10.0 Å². The number of hydrogen-bond donors (Lipinski definition) is 2. The summed E-state index contributed by atoms with van der Waals surface area (Å²) in [5, 5.41) is 10.9. The molecule has 0 spiro atoms. The van der Waals surface area contributed by atoms with Crippen LogP contribution in [0, 0.1) is 5.92 Å². The molecule has 1 fully saturated rings. The highest BCUT2D eigenvalue weighted by Crippen LogP contribution is 2.35. The molecule has 0 radical (unpaired) electrons. The molecular weight excluding hydrogens is 198 g/mol. The molecule has 0 aromatic heterocycles. The standard InChI is InChI=1S/C14H21NO/c1-3-12-11-15(2)10-9-14(12,16)13-7-5-4-6-8-13/h4-8,12,16H,3,9-11H2,1-2H3/p+1/t12-,14-/m0/s1. The van der Waals surface area contributed by atoms with Crippen LogP contribution in [0.1, 0.15) is 25.3 Å². The predicted molar refractivity (Wildman–Crippen MR) is 65.4 cm³/mol. The number of benzene rings is 1. The number of rotatable bonds is 2. The molecule has 1 aliphatic heterocycles. The smallest absolute Gasteiger partial charge is 0.103 e. The van der Waals surface area contributed by atoms with Crippen molar-refractivity contribution in [1.82, 2.24) is 0 Å². The summed E-state index contributed by atoms with van der Waals surface area (Å²) in [4.78, 5) is 1.53. The quantitative estimate of drug-likeness (QED) is 0.758. The van der Waals surface area contributed by atoms with E-state index in [2.05, 4.69) is 26.1 Å². The van der Waals surface area contributed by atoms with Crippen LogP contribution >= 0.6 is 0 Å². The Balaban J connectivity index is 2.29. The summed E-state index contributed by atoms with van der Waals surface area (Å²) in [6, 6.07) is 10.2. The van der Waals surface area contributed by atoms with Gasteiger partial charge in [-0.25, -0.2) is 0 Å². The van der Waals surface area contributed by atoms with Crippen molar-refractivity contribution in [2.24, 2.45) is 5.92 Å². The zero-order valence-electron chi connectivity index (χ0n) is 10.2. The maximum atomic E-state index is 10.9. The van der Waals surface area contributed by atoms with Gasteiger partial charge in [-0.2, -0.15) is 0 Å². The lowest BCUT2D eigenvalue weighted by Gasteiger charge is -2.41. The Morgan fingerprint density at radius 2 is 2.06 bits per heavy atom. The lowest BCUT2D eigenvalue weighted by Crippen LogP contribution is -3.11. The Labute approximate surface area is 97.9 Å². The van der Waals surface area contributed by atoms with Crippen molar-refractivity contribution < 1.29 is 10.0 Å². The molecule has 0 aliphatic carbocycles. The lowest BCUT2D eigenvalue weighted by molar-refractivity contribution is -0.892. The third-order valence-corrected chi connectivity index (χ3v) is 3.97. The number of piperidine rings is 1. The fourth-order valence-electron chi connectivity index (χ4n) is 2.89. The van der Waals surface area contributed by atoms with Crippen LogP contribution in [0.3, 0.4) is 0 Å². The molecule has 2 nitrogen and oxygen atoms in total. The highest BCUT2D eigenvalue weighted by molar-refractivity contribution is 5.23. The van der Waals surface area contributed by atoms with Gasteiger partial charge in [0.15, 0.2) is 0 Å². The third-order valence-electron chi connectivity index (χ3n) is 3.97. The van der Waals surface area contributed by atoms with E-state index >= 15 is 0 Å². The van der Waals surface area contributed by atoms with Crippen LogP contribution in [0.5, 0.6) is 0 Å². The number of hydrogen-bond acceptors (Lipinski definition) is 1. The van der Waals surface area contributed by atoms with Gasteiger partial charge in [0.05, 0.1) is 20.1 Å². The van der Waals surface area contributed by atoms with Gasteiger partial charge in [-0.15, -0.1) is 0 Å². The topological polar surface area (TPSA) is 24.7 Å². The summed E-state index contributed by atoms with van der Waals surface area (Å²) in [5.41, 5.74) is 0.490. The van der Waals surface area contributed by atoms with E-state index in [1.165, 1.54) is 4.90 Å². The van der Waals surface area contributed by atoms with Crippen molar-refractivity contribution >= 4 is 0 Å². The Hall–Kier alpha value is -0.860. The van der Waals surface area contributed by atoms with Crippen LogP contribution in [0.15, 0.2) is 30.3 Å². The van der Waals surface area contributed by atoms with Crippen molar-refractivity contribution in [1.29, 1.82) is 0 Å². The van der Waals surface area contributed by atoms with Gasteiger partial charge in [-0.05, 0) is 12.0 Å². The molecule has 1 aliphatic rings. The largest absolute Gasteiger partial charge is 0.384 e. The highest BCUT2D eigenvalue weighted by atomic mass is 16.3. The van der Waals surface area contributed by atoms with Gasteiger partial charge in [-0.3, -0.25) is 0 Å². The molecule has 1 heterocycles. The second-order valence-corrected chi connectivity index (χ2v) is 5.06. The Bertz CT molecular complexity index is 338. The fraction of sp³-hybridized carbons (Fsp3) is 0.571. The molecular formula is C14H22NO+. The SMILES string of the molecule is CC[C@H]1C[NH+](C)CC[C@@]1(O)c1ccccc1. The van der Waals surface area contributed by atoms with E-state index in [-0.39, 0.29) is 0 Å². The van der Waals surface area contributed by atoms with Crippen molar-refractivity contribution in [2.45, 2.75) is 25.4 Å². The zero-order valence-corrected chi connectivity index (χ0v) is 10.2. The van der Waals surface area contributed by atoms with Crippen LogP contribution < -0.4 is 4.90 Å². The number of nitrogens with one attached hydrogen (secondary N) is 1. The summed E-state index contributed by atoms with van der Waals surface area (Å²) in [5.74, 6) is 0.378. The second-order valence-electron chi connectivity index (χ2n) is 5.06. The third kappa shape index (κ3) is 2.00. The van der Waals surface area contributed by atoms with E-state index < -0.39 is 5.60 Å². The average molecular weight is 220 g/mol. The lowest BCUT2D eigenvalue weighted by atomic mass is 9.75. The van der Waals surface area contributed by atoms with Crippen LogP contribution in [-0.4, -0.2) is 25.2 Å². The number of aliphatic hydroxyl groups is 1. The highest BCUT2D eigenvalue weighted by Gasteiger charge is 2.42. The number of likely N-dealkylation sites (tertiary alicyclic amines) is 1. The van der Waals surface area contributed by atoms with E-state index in [9.17, 15) is 5.11 Å². The van der Waals surface area contributed by atoms with E-state index in [0.29, 0.717) is 5.92 Å². The maximum absolute atomic E-state index is 10.9. The van der Waals surface area contributed by atoms with E-state index in [4.69, 9.17) is 0 Å². The summed E-state index contributed by atoms with van der Waals surface area (Å²) in [7, 11) is 2.22. The zero-order chi connectivity index (χ0) is 11.6. The fourth-order valence-corrected chi connectivity index (χ4v) is 2.89. The molecule has 0 bridgehead atoms. The average Bonchev–Trinajstić information content (AvgIpc) is 2.33. The minimum atomic E-state index is -0.602. The molecule has 2 heteroatoms. The maximum Gasteiger partial charge on any atom is 0.103 e. The van der Waals surface area contributed by atoms with Crippen molar-refractivity contribution in [3.63, 3.8) is 0 Å². The van der Waals surface area contributed by atoms with Crippen molar-refractivity contribution in [3.05, 3.63) is 35.9 Å². The first-order valence-electron chi connectivity index (χ1n) is 6.26. The Morgan fingerprint density at radius 1 is 1.38 bits per heavy atom. The molecule has 1 saturated heterocycles. The first kappa shape index (κ1) is 11.6. The molecule has 88 valence electrons. The van der Waals surface area contributed by atoms with Crippen LogP contribution in [-0.2, 0) is 5.60 Å². The second kappa shape index (κ2) is 4.56. The monoisotopic (exact) mass is 220 g/mol. The molecule has 3 atom stereocenters. The van der Waals surface area contributed by atoms with Gasteiger partial charge >= 0.3 is 0 Å². The molecule has 1 unspecified atom stereocenters. The van der Waals surface area contributed by atoms with Gasteiger partial charge in [0, 0.05) is 12.3 Å². The van der Waals surface area contributed by atoms with Crippen molar-refractivity contribution in [3.8, 4) is 0 Å². The van der Waals surface area contributed by atoms with E-state index in [1.807, 2.05) is 18.2 Å². The summed E-state index contributed by atoms with van der Waals surface area (Å²) < 4.78 is 0. The Kier molecular flexibility index (Phi) is 3.31. The molecule has 2 N–H and O–H groups in total. The molecule has 16 heavy (non-hydrogen) atoms. The van der Waals surface area contributed by atoms with Crippen LogP contribution in [0.4, 0.5) is 0 Å². The molecule has 1 aromatic carbocycles. The van der Waals surface area contributed by atoms with E-state index in [1.54, 1.807) is 0 Å². The van der Waals surface area contributed by atoms with Gasteiger partial charge in [0.25, 0.3) is 0 Å². The predicted octanol–water partition coefficient (Wildman–Crippen LogP) is 0.819. The molecule has 0 saturated carbocycles. The number of quaternary nitrogens is 1. The Morgan fingerprint density at radius 3 is 2.69 bits per heavy atom. The van der Waals surface area contributed by atoms with Crippen LogP contribution in [0.25, 0.3) is 0 Å². The van der Waals surface area contributed by atoms with E-state index in [0.717, 1.165) is 31.5 Å². The van der Waals surface area contributed by atoms with Crippen molar-refractivity contribution in [2.75, 3.05) is 20.1 Å². The minimum absolute atomic E-state index is 0.378.